The zero-order chi connectivity index (χ0) is 31.3. The van der Waals surface area contributed by atoms with E-state index < -0.39 is 0 Å². The van der Waals surface area contributed by atoms with Gasteiger partial charge in [0.1, 0.15) is 11.3 Å². The summed E-state index contributed by atoms with van der Waals surface area (Å²) >= 11 is 0. The topological polar surface area (TPSA) is 16.4 Å². The summed E-state index contributed by atoms with van der Waals surface area (Å²) in [7, 11) is 0. The summed E-state index contributed by atoms with van der Waals surface area (Å²) in [5, 5.41) is 6.09. The molecule has 0 atom stereocenters. The van der Waals surface area contributed by atoms with Crippen molar-refractivity contribution >= 4 is 49.6 Å². The first-order valence-corrected chi connectivity index (χ1v) is 15.9. The van der Waals surface area contributed by atoms with Gasteiger partial charge < -0.3 is 9.32 Å². The van der Waals surface area contributed by atoms with Crippen molar-refractivity contribution in [2.75, 3.05) is 4.90 Å². The van der Waals surface area contributed by atoms with Gasteiger partial charge in [0.15, 0.2) is 0 Å². The SMILES string of the molecule is CC(C)(C)c1c(-c2cccc(N(c3ccc(-c4ccc5ccccc5c4)cc3)c3cccc4ccccc34)c2)oc2ccccc12. The molecule has 0 aliphatic carbocycles. The Morgan fingerprint density at radius 1 is 0.457 bits per heavy atom. The fourth-order valence-corrected chi connectivity index (χ4v) is 6.78. The second-order valence-corrected chi connectivity index (χ2v) is 13.0. The molecule has 2 nitrogen and oxygen atoms in total. The molecule has 0 aliphatic heterocycles. The summed E-state index contributed by atoms with van der Waals surface area (Å²) in [5.41, 5.74) is 8.84. The Balaban J connectivity index is 1.29. The zero-order valence-corrected chi connectivity index (χ0v) is 26.4. The normalized spacial score (nSPS) is 11.8. The minimum absolute atomic E-state index is 0.0914. The van der Waals surface area contributed by atoms with Crippen LogP contribution in [0.3, 0.4) is 0 Å². The third kappa shape index (κ3) is 4.93. The van der Waals surface area contributed by atoms with Crippen LogP contribution in [0.1, 0.15) is 26.3 Å². The second-order valence-electron chi connectivity index (χ2n) is 13.0. The molecule has 0 unspecified atom stereocenters. The summed E-state index contributed by atoms with van der Waals surface area (Å²) < 4.78 is 6.60. The third-order valence-corrected chi connectivity index (χ3v) is 8.93. The quantitative estimate of drug-likeness (QED) is 0.197. The van der Waals surface area contributed by atoms with Gasteiger partial charge in [-0.15, -0.1) is 0 Å². The predicted molar refractivity (Wildman–Crippen MR) is 195 cm³/mol. The minimum Gasteiger partial charge on any atom is -0.456 e. The van der Waals surface area contributed by atoms with E-state index in [-0.39, 0.29) is 5.41 Å². The molecule has 222 valence electrons. The molecule has 8 rings (SSSR count). The van der Waals surface area contributed by atoms with Gasteiger partial charge in [-0.25, -0.2) is 0 Å². The van der Waals surface area contributed by atoms with Crippen molar-refractivity contribution in [1.82, 2.24) is 0 Å². The van der Waals surface area contributed by atoms with Crippen LogP contribution in [0, 0.1) is 0 Å². The van der Waals surface area contributed by atoms with Crippen molar-refractivity contribution in [3.63, 3.8) is 0 Å². The summed E-state index contributed by atoms with van der Waals surface area (Å²) in [6.45, 7) is 6.78. The summed E-state index contributed by atoms with van der Waals surface area (Å²) in [5.74, 6) is 0.931. The largest absolute Gasteiger partial charge is 0.456 e. The van der Waals surface area contributed by atoms with Crippen LogP contribution in [0.4, 0.5) is 17.1 Å². The number of para-hydroxylation sites is 1. The Morgan fingerprint density at radius 3 is 1.91 bits per heavy atom. The van der Waals surface area contributed by atoms with Gasteiger partial charge in [0.2, 0.25) is 0 Å². The summed E-state index contributed by atoms with van der Waals surface area (Å²) in [4.78, 5) is 2.37. The van der Waals surface area contributed by atoms with Crippen LogP contribution in [-0.2, 0) is 5.41 Å². The molecule has 1 heterocycles. The molecule has 0 bridgehead atoms. The Morgan fingerprint density at radius 2 is 1.11 bits per heavy atom. The van der Waals surface area contributed by atoms with Crippen molar-refractivity contribution in [2.24, 2.45) is 0 Å². The Kier molecular flexibility index (Phi) is 6.73. The van der Waals surface area contributed by atoms with Gasteiger partial charge in [0.25, 0.3) is 0 Å². The van der Waals surface area contributed by atoms with E-state index in [4.69, 9.17) is 4.42 Å². The molecular formula is C44H35NO. The van der Waals surface area contributed by atoms with E-state index >= 15 is 0 Å². The third-order valence-electron chi connectivity index (χ3n) is 8.93. The van der Waals surface area contributed by atoms with Gasteiger partial charge in [-0.1, -0.05) is 136 Å². The van der Waals surface area contributed by atoms with Crippen molar-refractivity contribution in [3.05, 3.63) is 163 Å². The molecular weight excluding hydrogens is 558 g/mol. The first kappa shape index (κ1) is 27.9. The second kappa shape index (κ2) is 11.1. The average Bonchev–Trinajstić information content (AvgIpc) is 3.50. The molecule has 0 saturated heterocycles. The smallest absolute Gasteiger partial charge is 0.139 e. The average molecular weight is 594 g/mol. The highest BCUT2D eigenvalue weighted by Gasteiger charge is 2.26. The maximum atomic E-state index is 6.60. The van der Waals surface area contributed by atoms with Gasteiger partial charge in [0.05, 0.1) is 5.69 Å². The maximum Gasteiger partial charge on any atom is 0.139 e. The Bertz CT molecular complexity index is 2350. The van der Waals surface area contributed by atoms with E-state index in [0.717, 1.165) is 34.0 Å². The number of fused-ring (bicyclic) bond motifs is 3. The van der Waals surface area contributed by atoms with Crippen LogP contribution >= 0.6 is 0 Å². The van der Waals surface area contributed by atoms with Gasteiger partial charge in [-0.2, -0.15) is 0 Å². The predicted octanol–water partition coefficient (Wildman–Crippen LogP) is 12.8. The molecule has 0 saturated carbocycles. The van der Waals surface area contributed by atoms with E-state index in [1.54, 1.807) is 0 Å². The molecule has 0 amide bonds. The van der Waals surface area contributed by atoms with E-state index in [0.29, 0.717) is 0 Å². The van der Waals surface area contributed by atoms with Crippen LogP contribution < -0.4 is 4.90 Å². The standard InChI is InChI=1S/C44H35NO/c1-44(2,3)42-39-19-8-9-21-41(39)46-43(42)35-16-10-17-37(29-35)45(40-20-11-15-32-13-6-7-18-38(32)40)36-26-24-31(25-27-36)34-23-22-30-12-4-5-14-33(30)28-34/h4-29H,1-3H3. The highest BCUT2D eigenvalue weighted by atomic mass is 16.3. The fraction of sp³-hybridized carbons (Fsp3) is 0.0909. The zero-order valence-electron chi connectivity index (χ0n) is 26.4. The molecule has 8 aromatic rings. The Labute approximate surface area is 270 Å². The number of hydrogen-bond donors (Lipinski definition) is 0. The van der Waals surface area contributed by atoms with Crippen LogP contribution in [0.5, 0.6) is 0 Å². The van der Waals surface area contributed by atoms with Crippen LogP contribution in [0.2, 0.25) is 0 Å². The van der Waals surface area contributed by atoms with Crippen LogP contribution in [0.25, 0.3) is 55.0 Å². The summed E-state index contributed by atoms with van der Waals surface area (Å²) in [6.07, 6.45) is 0. The lowest BCUT2D eigenvalue weighted by Crippen LogP contribution is -2.12. The highest BCUT2D eigenvalue weighted by Crippen LogP contribution is 2.44. The van der Waals surface area contributed by atoms with Gasteiger partial charge in [-0.3, -0.25) is 0 Å². The van der Waals surface area contributed by atoms with E-state index in [1.807, 2.05) is 6.07 Å². The van der Waals surface area contributed by atoms with Crippen molar-refractivity contribution in [2.45, 2.75) is 26.2 Å². The van der Waals surface area contributed by atoms with Crippen molar-refractivity contribution in [3.8, 4) is 22.5 Å². The van der Waals surface area contributed by atoms with Crippen LogP contribution in [0.15, 0.2) is 162 Å². The molecule has 46 heavy (non-hydrogen) atoms. The fourth-order valence-electron chi connectivity index (χ4n) is 6.78. The minimum atomic E-state index is -0.0914. The molecule has 0 aliphatic rings. The first-order valence-electron chi connectivity index (χ1n) is 15.9. The number of anilines is 3. The van der Waals surface area contributed by atoms with E-state index in [2.05, 4.69) is 177 Å². The van der Waals surface area contributed by atoms with Gasteiger partial charge >= 0.3 is 0 Å². The van der Waals surface area contributed by atoms with Gasteiger partial charge in [0, 0.05) is 33.3 Å². The number of furan rings is 1. The number of benzene rings is 7. The number of hydrogen-bond acceptors (Lipinski definition) is 2. The highest BCUT2D eigenvalue weighted by molar-refractivity contribution is 5.99. The molecule has 7 aromatic carbocycles. The van der Waals surface area contributed by atoms with E-state index in [1.165, 1.54) is 43.6 Å². The first-order chi connectivity index (χ1) is 22.4. The molecule has 0 spiro atoms. The number of rotatable bonds is 5. The monoisotopic (exact) mass is 593 g/mol. The maximum absolute atomic E-state index is 6.60. The molecule has 2 heteroatoms. The molecule has 0 fully saturated rings. The molecule has 1 aromatic heterocycles. The van der Waals surface area contributed by atoms with Crippen molar-refractivity contribution < 1.29 is 4.42 Å². The summed E-state index contributed by atoms with van der Waals surface area (Å²) in [6, 6.07) is 56.5. The van der Waals surface area contributed by atoms with E-state index in [9.17, 15) is 0 Å². The lowest BCUT2D eigenvalue weighted by atomic mass is 9.83. The van der Waals surface area contributed by atoms with Gasteiger partial charge in [-0.05, 0) is 75.2 Å². The van der Waals surface area contributed by atoms with Crippen LogP contribution in [-0.4, -0.2) is 0 Å². The lowest BCUT2D eigenvalue weighted by Gasteiger charge is -2.27. The molecule has 0 radical (unpaired) electrons. The lowest BCUT2D eigenvalue weighted by molar-refractivity contribution is 0.568. The number of nitrogens with zero attached hydrogens (tertiary/aromatic N) is 1. The molecule has 0 N–H and O–H groups in total. The van der Waals surface area contributed by atoms with Crippen molar-refractivity contribution in [1.29, 1.82) is 0 Å². The Hall–Kier alpha value is -5.60.